The van der Waals surface area contributed by atoms with Crippen LogP contribution in [-0.4, -0.2) is 5.78 Å². The smallest absolute Gasteiger partial charge is 0.163 e. The number of Topliss-reactive ketones (excluding diaryl/α,β-unsaturated/α-hetero) is 1. The first kappa shape index (κ1) is 9.00. The first-order chi connectivity index (χ1) is 6.61. The molecule has 0 amide bonds. The third-order valence-corrected chi connectivity index (χ3v) is 2.44. The van der Waals surface area contributed by atoms with E-state index in [1.54, 1.807) is 6.92 Å². The van der Waals surface area contributed by atoms with Crippen LogP contribution in [0, 0.1) is 13.8 Å². The summed E-state index contributed by atoms with van der Waals surface area (Å²) < 4.78 is 5.57. The molecule has 0 unspecified atom stereocenters. The highest BCUT2D eigenvalue weighted by molar-refractivity contribution is 6.07. The zero-order valence-electron chi connectivity index (χ0n) is 8.55. The Morgan fingerprint density at radius 1 is 1.29 bits per heavy atom. The van der Waals surface area contributed by atoms with E-state index in [-0.39, 0.29) is 5.78 Å². The molecule has 1 heterocycles. The van der Waals surface area contributed by atoms with Crippen LogP contribution in [0.15, 0.2) is 22.6 Å². The van der Waals surface area contributed by atoms with Gasteiger partial charge in [-0.25, -0.2) is 0 Å². The molecule has 0 N–H and O–H groups in total. The van der Waals surface area contributed by atoms with E-state index in [1.807, 2.05) is 32.0 Å². The lowest BCUT2D eigenvalue weighted by molar-refractivity contribution is 0.101. The lowest BCUT2D eigenvalue weighted by Crippen LogP contribution is -1.91. The Balaban J connectivity index is 2.90. The van der Waals surface area contributed by atoms with Crippen LogP contribution in [0.1, 0.15) is 28.6 Å². The van der Waals surface area contributed by atoms with Gasteiger partial charge in [0, 0.05) is 5.39 Å². The van der Waals surface area contributed by atoms with E-state index in [1.165, 1.54) is 0 Å². The number of hydrogen-bond donors (Lipinski definition) is 0. The van der Waals surface area contributed by atoms with Gasteiger partial charge in [0.25, 0.3) is 0 Å². The summed E-state index contributed by atoms with van der Waals surface area (Å²) in [6.07, 6.45) is 0. The van der Waals surface area contributed by atoms with Gasteiger partial charge in [0.2, 0.25) is 0 Å². The average Bonchev–Trinajstić information content (AvgIpc) is 2.42. The Labute approximate surface area is 82.5 Å². The van der Waals surface area contributed by atoms with Crippen molar-refractivity contribution in [2.75, 3.05) is 0 Å². The normalized spacial score (nSPS) is 10.8. The summed E-state index contributed by atoms with van der Waals surface area (Å²) in [5, 5.41) is 0.926. The molecule has 0 aliphatic rings. The fraction of sp³-hybridized carbons (Fsp3) is 0.250. The highest BCUT2D eigenvalue weighted by Gasteiger charge is 2.15. The average molecular weight is 188 g/mol. The van der Waals surface area contributed by atoms with Crippen LogP contribution in [-0.2, 0) is 0 Å². The molecule has 0 fully saturated rings. The van der Waals surface area contributed by atoms with E-state index < -0.39 is 0 Å². The molecule has 1 aromatic carbocycles. The maximum atomic E-state index is 11.4. The maximum Gasteiger partial charge on any atom is 0.163 e. The molecule has 1 aromatic heterocycles. The largest absolute Gasteiger partial charge is 0.460 e. The molecule has 2 rings (SSSR count). The SMILES string of the molecule is CC(=O)c1c(C)oc2c(C)cccc12. The molecule has 0 bridgehead atoms. The number of ketones is 1. The van der Waals surface area contributed by atoms with Gasteiger partial charge in [-0.15, -0.1) is 0 Å². The van der Waals surface area contributed by atoms with Gasteiger partial charge in [-0.3, -0.25) is 4.79 Å². The van der Waals surface area contributed by atoms with Crippen LogP contribution in [0.25, 0.3) is 11.0 Å². The van der Waals surface area contributed by atoms with Crippen LogP contribution < -0.4 is 0 Å². The van der Waals surface area contributed by atoms with Crippen molar-refractivity contribution in [3.05, 3.63) is 35.1 Å². The summed E-state index contributed by atoms with van der Waals surface area (Å²) in [5.74, 6) is 0.772. The fourth-order valence-electron chi connectivity index (χ4n) is 1.82. The Kier molecular flexibility index (Phi) is 1.92. The number of fused-ring (bicyclic) bond motifs is 1. The molecular formula is C12H12O2. The second kappa shape index (κ2) is 2.98. The van der Waals surface area contributed by atoms with Gasteiger partial charge in [0.15, 0.2) is 5.78 Å². The number of para-hydroxylation sites is 1. The number of carbonyl (C=O) groups is 1. The summed E-state index contributed by atoms with van der Waals surface area (Å²) in [4.78, 5) is 11.4. The van der Waals surface area contributed by atoms with Gasteiger partial charge in [0.1, 0.15) is 11.3 Å². The van der Waals surface area contributed by atoms with Crippen molar-refractivity contribution in [3.8, 4) is 0 Å². The van der Waals surface area contributed by atoms with Gasteiger partial charge in [-0.1, -0.05) is 18.2 Å². The van der Waals surface area contributed by atoms with Gasteiger partial charge < -0.3 is 4.42 Å². The monoisotopic (exact) mass is 188 g/mol. The van der Waals surface area contributed by atoms with E-state index in [0.29, 0.717) is 11.3 Å². The highest BCUT2D eigenvalue weighted by atomic mass is 16.3. The summed E-state index contributed by atoms with van der Waals surface area (Å²) in [6.45, 7) is 5.38. The maximum absolute atomic E-state index is 11.4. The molecule has 0 aliphatic carbocycles. The van der Waals surface area contributed by atoms with E-state index in [9.17, 15) is 4.79 Å². The summed E-state index contributed by atoms with van der Waals surface area (Å²) >= 11 is 0. The van der Waals surface area contributed by atoms with E-state index in [0.717, 1.165) is 16.5 Å². The quantitative estimate of drug-likeness (QED) is 0.643. The van der Waals surface area contributed by atoms with Crippen molar-refractivity contribution in [1.29, 1.82) is 0 Å². The fourth-order valence-corrected chi connectivity index (χ4v) is 1.82. The van der Waals surface area contributed by atoms with E-state index >= 15 is 0 Å². The Hall–Kier alpha value is -1.57. The second-order valence-corrected chi connectivity index (χ2v) is 3.54. The van der Waals surface area contributed by atoms with E-state index in [4.69, 9.17) is 4.42 Å². The Bertz CT molecular complexity index is 506. The van der Waals surface area contributed by atoms with Gasteiger partial charge in [-0.2, -0.15) is 0 Å². The van der Waals surface area contributed by atoms with Crippen molar-refractivity contribution in [2.24, 2.45) is 0 Å². The number of hydrogen-bond acceptors (Lipinski definition) is 2. The second-order valence-electron chi connectivity index (χ2n) is 3.54. The third kappa shape index (κ3) is 1.15. The van der Waals surface area contributed by atoms with Crippen LogP contribution in [0.5, 0.6) is 0 Å². The number of aryl methyl sites for hydroxylation is 2. The zero-order valence-corrected chi connectivity index (χ0v) is 8.55. The number of furan rings is 1. The zero-order chi connectivity index (χ0) is 10.3. The standard InChI is InChI=1S/C12H12O2/c1-7-5-4-6-10-11(8(2)13)9(3)14-12(7)10/h4-6H,1-3H3. The first-order valence-electron chi connectivity index (χ1n) is 4.61. The lowest BCUT2D eigenvalue weighted by Gasteiger charge is -1.93. The minimum atomic E-state index is 0.0619. The van der Waals surface area contributed by atoms with Crippen molar-refractivity contribution < 1.29 is 9.21 Å². The summed E-state index contributed by atoms with van der Waals surface area (Å²) in [5.41, 5.74) is 2.61. The van der Waals surface area contributed by atoms with Crippen molar-refractivity contribution in [2.45, 2.75) is 20.8 Å². The van der Waals surface area contributed by atoms with Gasteiger partial charge >= 0.3 is 0 Å². The summed E-state index contributed by atoms with van der Waals surface area (Å²) in [7, 11) is 0. The molecule has 14 heavy (non-hydrogen) atoms. The van der Waals surface area contributed by atoms with Crippen molar-refractivity contribution in [1.82, 2.24) is 0 Å². The van der Waals surface area contributed by atoms with Gasteiger partial charge in [0.05, 0.1) is 5.56 Å². The third-order valence-electron chi connectivity index (χ3n) is 2.44. The molecular weight excluding hydrogens is 176 g/mol. The summed E-state index contributed by atoms with van der Waals surface area (Å²) in [6, 6.07) is 5.85. The highest BCUT2D eigenvalue weighted by Crippen LogP contribution is 2.27. The number of benzene rings is 1. The Morgan fingerprint density at radius 3 is 2.64 bits per heavy atom. The Morgan fingerprint density at radius 2 is 2.00 bits per heavy atom. The van der Waals surface area contributed by atoms with Gasteiger partial charge in [-0.05, 0) is 26.3 Å². The molecule has 2 heteroatoms. The predicted molar refractivity (Wildman–Crippen MR) is 55.7 cm³/mol. The molecule has 0 saturated carbocycles. The van der Waals surface area contributed by atoms with Crippen molar-refractivity contribution in [3.63, 3.8) is 0 Å². The molecule has 0 aliphatic heterocycles. The molecule has 0 saturated heterocycles. The van der Waals surface area contributed by atoms with Crippen molar-refractivity contribution >= 4 is 16.8 Å². The molecule has 0 radical (unpaired) electrons. The lowest BCUT2D eigenvalue weighted by atomic mass is 10.1. The molecule has 0 atom stereocenters. The van der Waals surface area contributed by atoms with Crippen LogP contribution in [0.4, 0.5) is 0 Å². The minimum Gasteiger partial charge on any atom is -0.460 e. The van der Waals surface area contributed by atoms with Crippen LogP contribution >= 0.6 is 0 Å². The number of rotatable bonds is 1. The van der Waals surface area contributed by atoms with Crippen LogP contribution in [0.3, 0.4) is 0 Å². The topological polar surface area (TPSA) is 30.2 Å². The number of carbonyl (C=O) groups excluding carboxylic acids is 1. The minimum absolute atomic E-state index is 0.0619. The molecule has 2 aromatic rings. The first-order valence-corrected chi connectivity index (χ1v) is 4.61. The molecule has 72 valence electrons. The molecule has 0 spiro atoms. The predicted octanol–water partition coefficient (Wildman–Crippen LogP) is 3.25. The van der Waals surface area contributed by atoms with Crippen LogP contribution in [0.2, 0.25) is 0 Å². The van der Waals surface area contributed by atoms with E-state index in [2.05, 4.69) is 0 Å². The molecule has 2 nitrogen and oxygen atoms in total.